The van der Waals surface area contributed by atoms with Crippen molar-refractivity contribution >= 4 is 17.2 Å². The summed E-state index contributed by atoms with van der Waals surface area (Å²) in [4.78, 5) is 13.9. The lowest BCUT2D eigenvalue weighted by atomic mass is 10.0. The van der Waals surface area contributed by atoms with Crippen molar-refractivity contribution in [2.45, 2.75) is 25.8 Å². The fourth-order valence-electron chi connectivity index (χ4n) is 3.15. The number of carbonyl (C=O) groups excluding carboxylic acids is 1. The number of hydrogen-bond donors (Lipinski definition) is 1. The highest BCUT2D eigenvalue weighted by molar-refractivity contribution is 5.99. The van der Waals surface area contributed by atoms with Crippen LogP contribution >= 0.6 is 0 Å². The molecule has 1 saturated heterocycles. The van der Waals surface area contributed by atoms with Crippen LogP contribution in [-0.4, -0.2) is 12.3 Å². The van der Waals surface area contributed by atoms with Gasteiger partial charge in [-0.25, -0.2) is 0 Å². The number of carbonyl (C=O) groups is 1. The van der Waals surface area contributed by atoms with E-state index in [4.69, 9.17) is 5.73 Å². The molecule has 1 unspecified atom stereocenters. The molecule has 3 rings (SSSR count). The Bertz CT molecular complexity index is 652. The summed E-state index contributed by atoms with van der Waals surface area (Å²) in [5, 5.41) is 0. The third-order valence-electron chi connectivity index (χ3n) is 4.18. The molecular weight excluding hydrogens is 260 g/mol. The Morgan fingerprint density at radius 2 is 1.95 bits per heavy atom. The highest BCUT2D eigenvalue weighted by Crippen LogP contribution is 2.37. The molecule has 3 nitrogen and oxygen atoms in total. The standard InChI is InChI=1S/C18H20N2O/c1-13(21)16-10-9-15(12-17(16)19)20-11-5-8-18(20)14-6-3-2-4-7-14/h2-4,6-7,9-10,12,18H,5,8,11,19H2,1H3. The Morgan fingerprint density at radius 3 is 2.62 bits per heavy atom. The van der Waals surface area contributed by atoms with Crippen LogP contribution in [0.5, 0.6) is 0 Å². The molecule has 21 heavy (non-hydrogen) atoms. The van der Waals surface area contributed by atoms with Crippen LogP contribution in [0.4, 0.5) is 11.4 Å². The van der Waals surface area contributed by atoms with Gasteiger partial charge in [-0.3, -0.25) is 4.79 Å². The maximum Gasteiger partial charge on any atom is 0.161 e. The van der Waals surface area contributed by atoms with Gasteiger partial charge < -0.3 is 10.6 Å². The molecule has 0 spiro atoms. The first-order valence-electron chi connectivity index (χ1n) is 7.39. The van der Waals surface area contributed by atoms with E-state index in [9.17, 15) is 4.79 Å². The van der Waals surface area contributed by atoms with Crippen LogP contribution in [-0.2, 0) is 0 Å². The maximum absolute atomic E-state index is 11.5. The van der Waals surface area contributed by atoms with Crippen LogP contribution in [0.3, 0.4) is 0 Å². The van der Waals surface area contributed by atoms with Gasteiger partial charge in [-0.1, -0.05) is 30.3 Å². The molecule has 1 heterocycles. The lowest BCUT2D eigenvalue weighted by Gasteiger charge is -2.27. The predicted molar refractivity (Wildman–Crippen MR) is 86.6 cm³/mol. The third-order valence-corrected chi connectivity index (χ3v) is 4.18. The van der Waals surface area contributed by atoms with Gasteiger partial charge in [-0.2, -0.15) is 0 Å². The number of rotatable bonds is 3. The average molecular weight is 280 g/mol. The number of Topliss-reactive ketones (excluding diaryl/α,β-unsaturated/α-hetero) is 1. The van der Waals surface area contributed by atoms with Gasteiger partial charge in [-0.15, -0.1) is 0 Å². The van der Waals surface area contributed by atoms with E-state index in [0.29, 0.717) is 17.3 Å². The largest absolute Gasteiger partial charge is 0.398 e. The van der Waals surface area contributed by atoms with Crippen molar-refractivity contribution < 1.29 is 4.79 Å². The van der Waals surface area contributed by atoms with E-state index >= 15 is 0 Å². The minimum atomic E-state index is 0.0140. The van der Waals surface area contributed by atoms with Gasteiger partial charge >= 0.3 is 0 Å². The maximum atomic E-state index is 11.5. The topological polar surface area (TPSA) is 46.3 Å². The summed E-state index contributed by atoms with van der Waals surface area (Å²) in [6.07, 6.45) is 2.33. The van der Waals surface area contributed by atoms with E-state index in [-0.39, 0.29) is 5.78 Å². The normalized spacial score (nSPS) is 18.0. The average Bonchev–Trinajstić information content (AvgIpc) is 2.97. The molecule has 1 atom stereocenters. The van der Waals surface area contributed by atoms with Crippen LogP contribution < -0.4 is 10.6 Å². The van der Waals surface area contributed by atoms with Crippen molar-refractivity contribution in [3.05, 3.63) is 59.7 Å². The first-order valence-corrected chi connectivity index (χ1v) is 7.39. The van der Waals surface area contributed by atoms with E-state index in [2.05, 4.69) is 29.2 Å². The van der Waals surface area contributed by atoms with Gasteiger partial charge in [0.2, 0.25) is 0 Å². The van der Waals surface area contributed by atoms with Crippen LogP contribution in [0.25, 0.3) is 0 Å². The van der Waals surface area contributed by atoms with Crippen molar-refractivity contribution in [2.24, 2.45) is 0 Å². The summed E-state index contributed by atoms with van der Waals surface area (Å²) in [6.45, 7) is 2.58. The molecule has 0 saturated carbocycles. The second-order valence-electron chi connectivity index (χ2n) is 5.59. The van der Waals surface area contributed by atoms with E-state index in [1.54, 1.807) is 6.92 Å². The first kappa shape index (κ1) is 13.7. The van der Waals surface area contributed by atoms with Gasteiger partial charge in [0.15, 0.2) is 5.78 Å². The summed E-state index contributed by atoms with van der Waals surface area (Å²) in [5.74, 6) is 0.0140. The van der Waals surface area contributed by atoms with E-state index in [1.165, 1.54) is 12.0 Å². The molecule has 1 fully saturated rings. The van der Waals surface area contributed by atoms with Gasteiger partial charge in [0.05, 0.1) is 6.04 Å². The van der Waals surface area contributed by atoms with Crippen molar-refractivity contribution in [1.82, 2.24) is 0 Å². The molecule has 0 aromatic heterocycles. The molecule has 3 heteroatoms. The zero-order chi connectivity index (χ0) is 14.8. The molecule has 1 aliphatic rings. The number of hydrogen-bond acceptors (Lipinski definition) is 3. The second-order valence-corrected chi connectivity index (χ2v) is 5.59. The Balaban J connectivity index is 1.92. The molecule has 108 valence electrons. The lowest BCUT2D eigenvalue weighted by molar-refractivity contribution is 0.101. The van der Waals surface area contributed by atoms with E-state index < -0.39 is 0 Å². The smallest absolute Gasteiger partial charge is 0.161 e. The molecule has 0 amide bonds. The number of benzene rings is 2. The Kier molecular flexibility index (Phi) is 3.65. The van der Waals surface area contributed by atoms with Crippen LogP contribution in [0.15, 0.2) is 48.5 Å². The zero-order valence-corrected chi connectivity index (χ0v) is 12.3. The number of ketones is 1. The molecular formula is C18H20N2O. The number of anilines is 2. The SMILES string of the molecule is CC(=O)c1ccc(N2CCCC2c2ccccc2)cc1N. The lowest BCUT2D eigenvalue weighted by Crippen LogP contribution is -2.22. The molecule has 2 aromatic carbocycles. The fourth-order valence-corrected chi connectivity index (χ4v) is 3.15. The van der Waals surface area contributed by atoms with Crippen molar-refractivity contribution in [2.75, 3.05) is 17.2 Å². The highest BCUT2D eigenvalue weighted by Gasteiger charge is 2.26. The Labute approximate surface area is 125 Å². The molecule has 2 aromatic rings. The minimum absolute atomic E-state index is 0.0140. The molecule has 0 bridgehead atoms. The summed E-state index contributed by atoms with van der Waals surface area (Å²) in [6, 6.07) is 16.7. The van der Waals surface area contributed by atoms with Crippen molar-refractivity contribution in [1.29, 1.82) is 0 Å². The number of nitrogens with two attached hydrogens (primary N) is 1. The van der Waals surface area contributed by atoms with Gasteiger partial charge in [0.25, 0.3) is 0 Å². The third kappa shape index (κ3) is 2.64. The van der Waals surface area contributed by atoms with Crippen LogP contribution in [0.2, 0.25) is 0 Å². The zero-order valence-electron chi connectivity index (χ0n) is 12.3. The minimum Gasteiger partial charge on any atom is -0.398 e. The number of nitrogen functional groups attached to an aromatic ring is 1. The predicted octanol–water partition coefficient (Wildman–Crippen LogP) is 3.81. The van der Waals surface area contributed by atoms with Crippen LogP contribution in [0.1, 0.15) is 41.7 Å². The quantitative estimate of drug-likeness (QED) is 0.687. The van der Waals surface area contributed by atoms with E-state index in [0.717, 1.165) is 18.7 Å². The summed E-state index contributed by atoms with van der Waals surface area (Å²) >= 11 is 0. The van der Waals surface area contributed by atoms with Gasteiger partial charge in [0, 0.05) is 23.5 Å². The Hall–Kier alpha value is -2.29. The van der Waals surface area contributed by atoms with Crippen molar-refractivity contribution in [3.63, 3.8) is 0 Å². The Morgan fingerprint density at radius 1 is 1.19 bits per heavy atom. The number of nitrogens with zero attached hydrogens (tertiary/aromatic N) is 1. The van der Waals surface area contributed by atoms with Gasteiger partial charge in [-0.05, 0) is 43.5 Å². The van der Waals surface area contributed by atoms with Crippen molar-refractivity contribution in [3.8, 4) is 0 Å². The van der Waals surface area contributed by atoms with Gasteiger partial charge in [0.1, 0.15) is 0 Å². The molecule has 0 radical (unpaired) electrons. The monoisotopic (exact) mass is 280 g/mol. The summed E-state index contributed by atoms with van der Waals surface area (Å²) < 4.78 is 0. The second kappa shape index (κ2) is 5.60. The highest BCUT2D eigenvalue weighted by atomic mass is 16.1. The van der Waals surface area contributed by atoms with Crippen LogP contribution in [0, 0.1) is 0 Å². The summed E-state index contributed by atoms with van der Waals surface area (Å²) in [5.41, 5.74) is 9.64. The molecule has 1 aliphatic heterocycles. The molecule has 2 N–H and O–H groups in total. The first-order chi connectivity index (χ1) is 10.2. The molecule has 0 aliphatic carbocycles. The van der Waals surface area contributed by atoms with E-state index in [1.807, 2.05) is 24.3 Å². The summed E-state index contributed by atoms with van der Waals surface area (Å²) in [7, 11) is 0. The fraction of sp³-hybridized carbons (Fsp3) is 0.278.